The zero-order valence-corrected chi connectivity index (χ0v) is 8.08. The van der Waals surface area contributed by atoms with E-state index in [0.717, 1.165) is 23.3 Å². The number of hydrogen-bond donors (Lipinski definition) is 2. The number of benzene rings is 1. The molecule has 3 N–H and O–H groups in total. The minimum Gasteiger partial charge on any atom is -0.441 e. The quantitative estimate of drug-likeness (QED) is 0.771. The molecule has 4 nitrogen and oxygen atoms in total. The van der Waals surface area contributed by atoms with Gasteiger partial charge in [-0.15, -0.1) is 0 Å². The lowest BCUT2D eigenvalue weighted by Crippen LogP contribution is -2.12. The van der Waals surface area contributed by atoms with Crippen LogP contribution in [0.2, 0.25) is 0 Å². The molecule has 1 aromatic heterocycles. The lowest BCUT2D eigenvalue weighted by atomic mass is 10.3. The van der Waals surface area contributed by atoms with E-state index in [0.29, 0.717) is 12.4 Å². The summed E-state index contributed by atoms with van der Waals surface area (Å²) in [6.07, 6.45) is 0. The molecule has 0 amide bonds. The largest absolute Gasteiger partial charge is 0.441 e. The molecule has 0 unspecified atom stereocenters. The summed E-state index contributed by atoms with van der Waals surface area (Å²) < 4.78 is 5.41. The molecule has 0 spiro atoms. The van der Waals surface area contributed by atoms with Gasteiger partial charge < -0.3 is 15.5 Å². The number of oxazole rings is 1. The molecule has 0 saturated heterocycles. The zero-order valence-electron chi connectivity index (χ0n) is 8.08. The van der Waals surface area contributed by atoms with Gasteiger partial charge in [0.15, 0.2) is 11.5 Å². The Morgan fingerprint density at radius 3 is 3.14 bits per heavy atom. The Labute approximate surface area is 82.1 Å². The molecule has 74 valence electrons. The second-order valence-corrected chi connectivity index (χ2v) is 3.13. The number of aromatic nitrogens is 1. The van der Waals surface area contributed by atoms with Crippen molar-refractivity contribution in [3.63, 3.8) is 0 Å². The first-order valence-electron chi connectivity index (χ1n) is 4.61. The van der Waals surface area contributed by atoms with E-state index in [2.05, 4.69) is 10.3 Å². The maximum absolute atomic E-state index is 5.41. The second-order valence-electron chi connectivity index (χ2n) is 3.13. The normalized spacial score (nSPS) is 10.7. The van der Waals surface area contributed by atoms with E-state index in [1.807, 2.05) is 25.1 Å². The van der Waals surface area contributed by atoms with Gasteiger partial charge in [-0.3, -0.25) is 0 Å². The molecule has 0 aliphatic rings. The van der Waals surface area contributed by atoms with Crippen LogP contribution in [0.25, 0.3) is 11.1 Å². The van der Waals surface area contributed by atoms with E-state index in [-0.39, 0.29) is 0 Å². The van der Waals surface area contributed by atoms with E-state index >= 15 is 0 Å². The van der Waals surface area contributed by atoms with Crippen LogP contribution in [0, 0.1) is 6.92 Å². The van der Waals surface area contributed by atoms with Crippen molar-refractivity contribution in [2.24, 2.45) is 5.73 Å². The molecule has 0 aliphatic carbocycles. The highest BCUT2D eigenvalue weighted by molar-refractivity contribution is 5.77. The van der Waals surface area contributed by atoms with E-state index in [9.17, 15) is 0 Å². The van der Waals surface area contributed by atoms with Crippen LogP contribution in [-0.4, -0.2) is 18.1 Å². The maximum Gasteiger partial charge on any atom is 0.192 e. The van der Waals surface area contributed by atoms with Gasteiger partial charge in [-0.2, -0.15) is 0 Å². The molecule has 4 heteroatoms. The van der Waals surface area contributed by atoms with Crippen molar-refractivity contribution in [1.29, 1.82) is 0 Å². The summed E-state index contributed by atoms with van der Waals surface area (Å²) in [5.74, 6) is 0.691. The number of aryl methyl sites for hydroxylation is 1. The first-order chi connectivity index (χ1) is 6.79. The summed E-state index contributed by atoms with van der Waals surface area (Å²) in [7, 11) is 0. The molecular weight excluding hydrogens is 178 g/mol. The summed E-state index contributed by atoms with van der Waals surface area (Å²) in [6.45, 7) is 3.22. The number of rotatable bonds is 3. The van der Waals surface area contributed by atoms with Gasteiger partial charge in [0.25, 0.3) is 0 Å². The zero-order chi connectivity index (χ0) is 9.97. The molecular formula is C10H13N3O. The average molecular weight is 191 g/mol. The highest BCUT2D eigenvalue weighted by Crippen LogP contribution is 2.19. The fraction of sp³-hybridized carbons (Fsp3) is 0.300. The average Bonchev–Trinajstić information content (AvgIpc) is 2.54. The molecule has 14 heavy (non-hydrogen) atoms. The number of nitrogens with one attached hydrogen (secondary N) is 1. The molecule has 0 aliphatic heterocycles. The Bertz CT molecular complexity index is 436. The standard InChI is InChI=1S/C10H13N3O/c1-7-13-9-3-2-8(12-5-4-11)6-10(9)14-7/h2-3,6,12H,4-5,11H2,1H3. The van der Waals surface area contributed by atoms with Crippen molar-refractivity contribution < 1.29 is 4.42 Å². The van der Waals surface area contributed by atoms with Gasteiger partial charge in [-0.05, 0) is 12.1 Å². The fourth-order valence-corrected chi connectivity index (χ4v) is 1.37. The summed E-state index contributed by atoms with van der Waals surface area (Å²) in [5.41, 5.74) is 8.11. The van der Waals surface area contributed by atoms with E-state index in [1.165, 1.54) is 0 Å². The molecule has 0 saturated carbocycles. The second kappa shape index (κ2) is 3.67. The smallest absolute Gasteiger partial charge is 0.192 e. The van der Waals surface area contributed by atoms with Crippen molar-refractivity contribution >= 4 is 16.8 Å². The van der Waals surface area contributed by atoms with Gasteiger partial charge >= 0.3 is 0 Å². The van der Waals surface area contributed by atoms with Crippen LogP contribution in [0.15, 0.2) is 22.6 Å². The van der Waals surface area contributed by atoms with Gasteiger partial charge in [-0.25, -0.2) is 4.98 Å². The van der Waals surface area contributed by atoms with Crippen molar-refractivity contribution in [2.75, 3.05) is 18.4 Å². The Hall–Kier alpha value is -1.55. The number of anilines is 1. The van der Waals surface area contributed by atoms with E-state index in [4.69, 9.17) is 10.2 Å². The van der Waals surface area contributed by atoms with Crippen LogP contribution in [0.3, 0.4) is 0 Å². The Morgan fingerprint density at radius 1 is 1.50 bits per heavy atom. The van der Waals surface area contributed by atoms with Gasteiger partial charge in [0.2, 0.25) is 0 Å². The molecule has 1 aromatic carbocycles. The molecule has 0 bridgehead atoms. The summed E-state index contributed by atoms with van der Waals surface area (Å²) >= 11 is 0. The minimum atomic E-state index is 0.619. The van der Waals surface area contributed by atoms with Crippen LogP contribution < -0.4 is 11.1 Å². The first kappa shape index (κ1) is 9.02. The third kappa shape index (κ3) is 1.70. The summed E-state index contributed by atoms with van der Waals surface area (Å²) in [6, 6.07) is 5.84. The number of fused-ring (bicyclic) bond motifs is 1. The third-order valence-corrected chi connectivity index (χ3v) is 1.97. The third-order valence-electron chi connectivity index (χ3n) is 1.97. The monoisotopic (exact) mass is 191 g/mol. The van der Waals surface area contributed by atoms with Gasteiger partial charge in [0.05, 0.1) is 0 Å². The van der Waals surface area contributed by atoms with Crippen LogP contribution >= 0.6 is 0 Å². The predicted octanol–water partition coefficient (Wildman–Crippen LogP) is 1.51. The maximum atomic E-state index is 5.41. The van der Waals surface area contributed by atoms with Crippen LogP contribution in [0.4, 0.5) is 5.69 Å². The molecule has 0 fully saturated rings. The Balaban J connectivity index is 2.31. The highest BCUT2D eigenvalue weighted by atomic mass is 16.3. The lowest BCUT2D eigenvalue weighted by molar-refractivity contribution is 0.561. The van der Waals surface area contributed by atoms with Gasteiger partial charge in [0.1, 0.15) is 5.52 Å². The van der Waals surface area contributed by atoms with E-state index < -0.39 is 0 Å². The lowest BCUT2D eigenvalue weighted by Gasteiger charge is -2.02. The predicted molar refractivity (Wildman–Crippen MR) is 56.3 cm³/mol. The summed E-state index contributed by atoms with van der Waals surface area (Å²) in [4.78, 5) is 4.22. The van der Waals surface area contributed by atoms with Gasteiger partial charge in [-0.1, -0.05) is 0 Å². The molecule has 0 radical (unpaired) electrons. The molecule has 1 heterocycles. The summed E-state index contributed by atoms with van der Waals surface area (Å²) in [5, 5.41) is 3.18. The van der Waals surface area contributed by atoms with Crippen LogP contribution in [0.5, 0.6) is 0 Å². The van der Waals surface area contributed by atoms with Crippen molar-refractivity contribution in [2.45, 2.75) is 6.92 Å². The Morgan fingerprint density at radius 2 is 2.36 bits per heavy atom. The van der Waals surface area contributed by atoms with Crippen molar-refractivity contribution in [3.8, 4) is 0 Å². The first-order valence-corrected chi connectivity index (χ1v) is 4.61. The number of hydrogen-bond acceptors (Lipinski definition) is 4. The SMILES string of the molecule is Cc1nc2ccc(NCCN)cc2o1. The van der Waals surface area contributed by atoms with Crippen LogP contribution in [0.1, 0.15) is 5.89 Å². The van der Waals surface area contributed by atoms with Crippen molar-refractivity contribution in [1.82, 2.24) is 4.98 Å². The van der Waals surface area contributed by atoms with Crippen molar-refractivity contribution in [3.05, 3.63) is 24.1 Å². The number of nitrogens with two attached hydrogens (primary N) is 1. The van der Waals surface area contributed by atoms with E-state index in [1.54, 1.807) is 0 Å². The molecule has 2 rings (SSSR count). The molecule has 2 aromatic rings. The Kier molecular flexibility index (Phi) is 2.37. The topological polar surface area (TPSA) is 64.1 Å². The van der Waals surface area contributed by atoms with Gasteiger partial charge in [0, 0.05) is 31.8 Å². The highest BCUT2D eigenvalue weighted by Gasteiger charge is 2.01. The fourth-order valence-electron chi connectivity index (χ4n) is 1.37. The molecule has 0 atom stereocenters. The minimum absolute atomic E-state index is 0.619. The van der Waals surface area contributed by atoms with Crippen LogP contribution in [-0.2, 0) is 0 Å². The number of nitrogens with zero attached hydrogens (tertiary/aromatic N) is 1.